The van der Waals surface area contributed by atoms with Crippen molar-refractivity contribution in [2.45, 2.75) is 0 Å². The third kappa shape index (κ3) is 2.16. The number of nitrogens with zero attached hydrogens (tertiary/aromatic N) is 1. The Labute approximate surface area is 115 Å². The summed E-state index contributed by atoms with van der Waals surface area (Å²) < 4.78 is 14.9. The molecule has 1 heterocycles. The van der Waals surface area contributed by atoms with E-state index in [0.717, 1.165) is 10.9 Å². The molecule has 4 heteroatoms. The van der Waals surface area contributed by atoms with E-state index in [1.54, 1.807) is 12.1 Å². The van der Waals surface area contributed by atoms with Crippen LogP contribution in [-0.4, -0.2) is 10.5 Å². The zero-order valence-corrected chi connectivity index (χ0v) is 10.9. The summed E-state index contributed by atoms with van der Waals surface area (Å²) in [6.45, 7) is 0. The van der Waals surface area contributed by atoms with E-state index in [0.29, 0.717) is 11.4 Å². The lowest BCUT2D eigenvalue weighted by atomic mass is 10.2. The third-order valence-electron chi connectivity index (χ3n) is 3.27. The Morgan fingerprint density at radius 3 is 2.65 bits per heavy atom. The van der Waals surface area contributed by atoms with Crippen LogP contribution in [-0.2, 0) is 7.05 Å². The Bertz CT molecular complexity index is 792. The van der Waals surface area contributed by atoms with Crippen molar-refractivity contribution in [3.05, 3.63) is 66.1 Å². The molecule has 0 aliphatic heterocycles. The van der Waals surface area contributed by atoms with E-state index < -0.39 is 0 Å². The highest BCUT2D eigenvalue weighted by atomic mass is 19.1. The summed E-state index contributed by atoms with van der Waals surface area (Å²) in [4.78, 5) is 12.3. The molecule has 1 amide bonds. The Hall–Kier alpha value is -2.62. The van der Waals surface area contributed by atoms with E-state index in [9.17, 15) is 9.18 Å². The summed E-state index contributed by atoms with van der Waals surface area (Å²) in [6.07, 6.45) is 0. The Morgan fingerprint density at radius 1 is 1.10 bits per heavy atom. The molecule has 3 nitrogen and oxygen atoms in total. The van der Waals surface area contributed by atoms with Gasteiger partial charge < -0.3 is 9.88 Å². The number of aromatic nitrogens is 1. The molecule has 0 saturated heterocycles. The molecule has 0 radical (unpaired) electrons. The number of rotatable bonds is 2. The number of fused-ring (bicyclic) bond motifs is 1. The number of amides is 1. The van der Waals surface area contributed by atoms with Crippen molar-refractivity contribution in [1.82, 2.24) is 4.57 Å². The van der Waals surface area contributed by atoms with Gasteiger partial charge in [-0.3, -0.25) is 4.79 Å². The first-order valence-electron chi connectivity index (χ1n) is 6.26. The van der Waals surface area contributed by atoms with Crippen molar-refractivity contribution in [1.29, 1.82) is 0 Å². The molecule has 0 aliphatic carbocycles. The van der Waals surface area contributed by atoms with E-state index in [1.807, 2.05) is 41.9 Å². The summed E-state index contributed by atoms with van der Waals surface area (Å²) in [7, 11) is 1.84. The lowest BCUT2D eigenvalue weighted by Crippen LogP contribution is -2.15. The van der Waals surface area contributed by atoms with Crippen molar-refractivity contribution < 1.29 is 9.18 Å². The van der Waals surface area contributed by atoms with Crippen molar-refractivity contribution >= 4 is 22.5 Å². The first kappa shape index (κ1) is 12.4. The maximum Gasteiger partial charge on any atom is 0.272 e. The average Bonchev–Trinajstić information content (AvgIpc) is 2.77. The van der Waals surface area contributed by atoms with E-state index in [1.165, 1.54) is 12.1 Å². The summed E-state index contributed by atoms with van der Waals surface area (Å²) in [5, 5.41) is 3.70. The van der Waals surface area contributed by atoms with Gasteiger partial charge in [0.2, 0.25) is 0 Å². The SMILES string of the molecule is Cn1c(C(=O)Nc2cccc(F)c2)cc2ccccc21. The smallest absolute Gasteiger partial charge is 0.272 e. The molecule has 0 atom stereocenters. The topological polar surface area (TPSA) is 34.0 Å². The van der Waals surface area contributed by atoms with Gasteiger partial charge in [-0.2, -0.15) is 0 Å². The van der Waals surface area contributed by atoms with Crippen LogP contribution in [0.5, 0.6) is 0 Å². The van der Waals surface area contributed by atoms with Gasteiger partial charge in [-0.1, -0.05) is 24.3 Å². The fourth-order valence-electron chi connectivity index (χ4n) is 2.27. The number of benzene rings is 2. The Morgan fingerprint density at radius 2 is 1.90 bits per heavy atom. The van der Waals surface area contributed by atoms with Crippen molar-refractivity contribution in [3.63, 3.8) is 0 Å². The van der Waals surface area contributed by atoms with Gasteiger partial charge in [0.05, 0.1) is 0 Å². The average molecular weight is 268 g/mol. The summed E-state index contributed by atoms with van der Waals surface area (Å²) in [5.41, 5.74) is 1.97. The van der Waals surface area contributed by atoms with Crippen LogP contribution in [0, 0.1) is 5.82 Å². The lowest BCUT2D eigenvalue weighted by molar-refractivity contribution is 0.102. The highest BCUT2D eigenvalue weighted by Crippen LogP contribution is 2.19. The van der Waals surface area contributed by atoms with Crippen LogP contribution in [0.25, 0.3) is 10.9 Å². The molecule has 2 aromatic carbocycles. The number of anilines is 1. The van der Waals surface area contributed by atoms with Crippen LogP contribution < -0.4 is 5.32 Å². The second kappa shape index (κ2) is 4.81. The van der Waals surface area contributed by atoms with E-state index in [2.05, 4.69) is 5.32 Å². The summed E-state index contributed by atoms with van der Waals surface area (Å²) in [5.74, 6) is -0.630. The fourth-order valence-corrected chi connectivity index (χ4v) is 2.27. The van der Waals surface area contributed by atoms with Crippen LogP contribution in [0.3, 0.4) is 0 Å². The molecule has 20 heavy (non-hydrogen) atoms. The zero-order valence-electron chi connectivity index (χ0n) is 10.9. The number of carbonyl (C=O) groups excluding carboxylic acids is 1. The monoisotopic (exact) mass is 268 g/mol. The molecule has 3 rings (SSSR count). The summed E-state index contributed by atoms with van der Waals surface area (Å²) in [6, 6.07) is 15.4. The van der Waals surface area contributed by atoms with Gasteiger partial charge in [0.1, 0.15) is 11.5 Å². The molecule has 0 bridgehead atoms. The minimum Gasteiger partial charge on any atom is -0.340 e. The van der Waals surface area contributed by atoms with Crippen LogP contribution >= 0.6 is 0 Å². The second-order valence-electron chi connectivity index (χ2n) is 4.61. The first-order valence-corrected chi connectivity index (χ1v) is 6.26. The number of nitrogens with one attached hydrogen (secondary N) is 1. The fraction of sp³-hybridized carbons (Fsp3) is 0.0625. The van der Waals surface area contributed by atoms with E-state index >= 15 is 0 Å². The minimum atomic E-state index is -0.375. The maximum absolute atomic E-state index is 13.1. The van der Waals surface area contributed by atoms with Crippen molar-refractivity contribution in [3.8, 4) is 0 Å². The molecule has 0 aliphatic rings. The molecular formula is C16H13FN2O. The lowest BCUT2D eigenvalue weighted by Gasteiger charge is -2.06. The molecule has 0 fully saturated rings. The van der Waals surface area contributed by atoms with Gasteiger partial charge >= 0.3 is 0 Å². The minimum absolute atomic E-state index is 0.255. The summed E-state index contributed by atoms with van der Waals surface area (Å²) >= 11 is 0. The number of carbonyl (C=O) groups is 1. The van der Waals surface area contributed by atoms with Gasteiger partial charge in [0.25, 0.3) is 5.91 Å². The molecule has 0 unspecified atom stereocenters. The van der Waals surface area contributed by atoms with Crippen molar-refractivity contribution in [2.75, 3.05) is 5.32 Å². The number of hydrogen-bond acceptors (Lipinski definition) is 1. The van der Waals surface area contributed by atoms with Gasteiger partial charge in [0.15, 0.2) is 0 Å². The largest absolute Gasteiger partial charge is 0.340 e. The first-order chi connectivity index (χ1) is 9.65. The Kier molecular flexibility index (Phi) is 2.99. The van der Waals surface area contributed by atoms with Gasteiger partial charge in [-0.05, 0) is 30.3 Å². The molecule has 0 spiro atoms. The van der Waals surface area contributed by atoms with Crippen LogP contribution in [0.15, 0.2) is 54.6 Å². The molecule has 1 aromatic heterocycles. The van der Waals surface area contributed by atoms with Gasteiger partial charge in [-0.25, -0.2) is 4.39 Å². The van der Waals surface area contributed by atoms with Gasteiger partial charge in [-0.15, -0.1) is 0 Å². The molecule has 100 valence electrons. The molecule has 1 N–H and O–H groups in total. The van der Waals surface area contributed by atoms with E-state index in [-0.39, 0.29) is 11.7 Å². The van der Waals surface area contributed by atoms with E-state index in [4.69, 9.17) is 0 Å². The molecule has 0 saturated carbocycles. The second-order valence-corrected chi connectivity index (χ2v) is 4.61. The van der Waals surface area contributed by atoms with Crippen LogP contribution in [0.2, 0.25) is 0 Å². The number of hydrogen-bond donors (Lipinski definition) is 1. The van der Waals surface area contributed by atoms with Gasteiger partial charge in [0, 0.05) is 23.6 Å². The number of aryl methyl sites for hydroxylation is 1. The normalized spacial score (nSPS) is 10.7. The number of para-hydroxylation sites is 1. The zero-order chi connectivity index (χ0) is 14.1. The number of halogens is 1. The standard InChI is InChI=1S/C16H13FN2O/c1-19-14-8-3-2-5-11(14)9-15(19)16(20)18-13-7-4-6-12(17)10-13/h2-10H,1H3,(H,18,20). The maximum atomic E-state index is 13.1. The van der Waals surface area contributed by atoms with Crippen molar-refractivity contribution in [2.24, 2.45) is 7.05 Å². The predicted octanol–water partition coefficient (Wildman–Crippen LogP) is 3.57. The van der Waals surface area contributed by atoms with Crippen LogP contribution in [0.4, 0.5) is 10.1 Å². The highest BCUT2D eigenvalue weighted by Gasteiger charge is 2.13. The Balaban J connectivity index is 1.95. The predicted molar refractivity (Wildman–Crippen MR) is 77.3 cm³/mol. The highest BCUT2D eigenvalue weighted by molar-refractivity contribution is 6.06. The third-order valence-corrected chi connectivity index (χ3v) is 3.27. The molecular weight excluding hydrogens is 255 g/mol. The quantitative estimate of drug-likeness (QED) is 0.757. The van der Waals surface area contributed by atoms with Crippen LogP contribution in [0.1, 0.15) is 10.5 Å². The molecule has 3 aromatic rings.